The molecule has 30 heavy (non-hydrogen) atoms. The van der Waals surface area contributed by atoms with Crippen molar-refractivity contribution in [3.63, 3.8) is 0 Å². The van der Waals surface area contributed by atoms with Crippen LogP contribution in [-0.4, -0.2) is 31.2 Å². The lowest BCUT2D eigenvalue weighted by atomic mass is 9.87. The first-order valence-electron chi connectivity index (χ1n) is 10.3. The Morgan fingerprint density at radius 1 is 1.07 bits per heavy atom. The molecule has 0 saturated carbocycles. The van der Waals surface area contributed by atoms with Crippen LogP contribution in [0.4, 0.5) is 0 Å². The molecule has 0 spiro atoms. The molecule has 0 radical (unpaired) electrons. The predicted molar refractivity (Wildman–Crippen MR) is 116 cm³/mol. The first-order valence-corrected chi connectivity index (χ1v) is 10.3. The molecule has 1 N–H and O–H groups in total. The molecule has 1 atom stereocenters. The molecule has 5 nitrogen and oxygen atoms in total. The van der Waals surface area contributed by atoms with Gasteiger partial charge in [-0.2, -0.15) is 0 Å². The van der Waals surface area contributed by atoms with Gasteiger partial charge in [0, 0.05) is 31.2 Å². The van der Waals surface area contributed by atoms with E-state index in [-0.39, 0.29) is 11.9 Å². The summed E-state index contributed by atoms with van der Waals surface area (Å²) in [6, 6.07) is 19.4. The van der Waals surface area contributed by atoms with Gasteiger partial charge in [-0.05, 0) is 65.8 Å². The number of amides is 1. The first kappa shape index (κ1) is 20.1. The summed E-state index contributed by atoms with van der Waals surface area (Å²) in [7, 11) is 1.66. The van der Waals surface area contributed by atoms with Crippen molar-refractivity contribution < 1.29 is 14.3 Å². The molecule has 0 bridgehead atoms. The quantitative estimate of drug-likeness (QED) is 0.652. The van der Waals surface area contributed by atoms with E-state index >= 15 is 0 Å². The maximum Gasteiger partial charge on any atom is 0.251 e. The number of benzene rings is 2. The van der Waals surface area contributed by atoms with E-state index in [1.807, 2.05) is 66.9 Å². The summed E-state index contributed by atoms with van der Waals surface area (Å²) in [5, 5.41) is 3.24. The zero-order valence-electron chi connectivity index (χ0n) is 17.1. The van der Waals surface area contributed by atoms with Gasteiger partial charge < -0.3 is 14.8 Å². The number of hydrogen-bond donors (Lipinski definition) is 1. The van der Waals surface area contributed by atoms with E-state index in [9.17, 15) is 4.79 Å². The van der Waals surface area contributed by atoms with E-state index in [1.54, 1.807) is 13.3 Å². The molecule has 1 aliphatic rings. The summed E-state index contributed by atoms with van der Waals surface area (Å²) in [6.07, 6.45) is 5.44. The summed E-state index contributed by atoms with van der Waals surface area (Å²) in [5.41, 5.74) is 3.77. The minimum absolute atomic E-state index is 0.0758. The normalized spacial score (nSPS) is 15.4. The van der Waals surface area contributed by atoms with Crippen molar-refractivity contribution >= 4 is 5.91 Å². The fraction of sp³-hybridized carbons (Fsp3) is 0.280. The highest BCUT2D eigenvalue weighted by Gasteiger charge is 2.27. The van der Waals surface area contributed by atoms with Crippen LogP contribution < -0.4 is 10.1 Å². The van der Waals surface area contributed by atoms with Gasteiger partial charge in [0.05, 0.1) is 13.2 Å². The van der Waals surface area contributed by atoms with Crippen LogP contribution in [0.5, 0.6) is 5.75 Å². The Balaban J connectivity index is 1.52. The molecule has 1 aliphatic heterocycles. The predicted octanol–water partition coefficient (Wildman–Crippen LogP) is 4.65. The summed E-state index contributed by atoms with van der Waals surface area (Å²) in [5.74, 6) is 1.07. The maximum absolute atomic E-state index is 13.0. The van der Waals surface area contributed by atoms with Gasteiger partial charge in [-0.25, -0.2) is 0 Å². The van der Waals surface area contributed by atoms with Crippen LogP contribution in [0.25, 0.3) is 11.1 Å². The lowest BCUT2D eigenvalue weighted by molar-refractivity contribution is 0.0513. The molecule has 1 fully saturated rings. The van der Waals surface area contributed by atoms with Crippen LogP contribution in [0.2, 0.25) is 0 Å². The number of carbonyl (C=O) groups excluding carboxylic acids is 1. The molecule has 2 heterocycles. The van der Waals surface area contributed by atoms with Crippen molar-refractivity contribution in [2.45, 2.75) is 18.9 Å². The molecule has 1 unspecified atom stereocenters. The summed E-state index contributed by atoms with van der Waals surface area (Å²) in [4.78, 5) is 17.3. The van der Waals surface area contributed by atoms with E-state index in [0.29, 0.717) is 11.5 Å². The number of carbonyl (C=O) groups is 1. The Morgan fingerprint density at radius 3 is 2.57 bits per heavy atom. The highest BCUT2D eigenvalue weighted by molar-refractivity contribution is 5.95. The monoisotopic (exact) mass is 402 g/mol. The van der Waals surface area contributed by atoms with Crippen LogP contribution >= 0.6 is 0 Å². The van der Waals surface area contributed by atoms with Crippen molar-refractivity contribution in [2.24, 2.45) is 5.92 Å². The van der Waals surface area contributed by atoms with Gasteiger partial charge in [0.2, 0.25) is 0 Å². The Hall–Kier alpha value is -3.18. The van der Waals surface area contributed by atoms with Crippen molar-refractivity contribution in [1.29, 1.82) is 0 Å². The zero-order chi connectivity index (χ0) is 20.8. The zero-order valence-corrected chi connectivity index (χ0v) is 17.1. The highest BCUT2D eigenvalue weighted by atomic mass is 16.5. The largest absolute Gasteiger partial charge is 0.497 e. The minimum Gasteiger partial charge on any atom is -0.497 e. The van der Waals surface area contributed by atoms with Gasteiger partial charge in [-0.15, -0.1) is 0 Å². The van der Waals surface area contributed by atoms with E-state index in [4.69, 9.17) is 9.47 Å². The molecule has 0 aliphatic carbocycles. The third-order valence-electron chi connectivity index (χ3n) is 5.62. The molecule has 1 aromatic heterocycles. The van der Waals surface area contributed by atoms with Crippen molar-refractivity contribution in [3.05, 3.63) is 84.2 Å². The fourth-order valence-corrected chi connectivity index (χ4v) is 3.92. The van der Waals surface area contributed by atoms with Crippen molar-refractivity contribution in [1.82, 2.24) is 10.3 Å². The topological polar surface area (TPSA) is 60.5 Å². The molecular weight excluding hydrogens is 376 g/mol. The lowest BCUT2D eigenvalue weighted by Crippen LogP contribution is -2.36. The molecule has 1 amide bonds. The molecule has 154 valence electrons. The van der Waals surface area contributed by atoms with Gasteiger partial charge in [0.25, 0.3) is 5.91 Å². The molecule has 2 aromatic carbocycles. The average molecular weight is 402 g/mol. The van der Waals surface area contributed by atoms with Crippen LogP contribution in [0.3, 0.4) is 0 Å². The van der Waals surface area contributed by atoms with E-state index < -0.39 is 0 Å². The van der Waals surface area contributed by atoms with Gasteiger partial charge in [-0.3, -0.25) is 9.78 Å². The van der Waals surface area contributed by atoms with Crippen molar-refractivity contribution in [3.8, 4) is 16.9 Å². The summed E-state index contributed by atoms with van der Waals surface area (Å²) < 4.78 is 10.8. The number of methoxy groups -OCH3 is 1. The summed E-state index contributed by atoms with van der Waals surface area (Å²) >= 11 is 0. The Labute approximate surface area is 177 Å². The standard InChI is InChI=1S/C25H26N2O3/c1-29-23-6-2-4-21(16-23)18-7-9-20(10-8-18)25(28)27-24(19-11-14-30-15-12-19)22-5-3-13-26-17-22/h2-10,13,16-17,19,24H,11-12,14-15H2,1H3,(H,27,28). The van der Waals surface area contributed by atoms with E-state index in [2.05, 4.69) is 10.3 Å². The third-order valence-corrected chi connectivity index (χ3v) is 5.62. The van der Waals surface area contributed by atoms with Crippen LogP contribution in [0.1, 0.15) is 34.8 Å². The van der Waals surface area contributed by atoms with E-state index in [0.717, 1.165) is 48.5 Å². The second-order valence-corrected chi connectivity index (χ2v) is 7.50. The number of pyridine rings is 1. The fourth-order valence-electron chi connectivity index (χ4n) is 3.92. The SMILES string of the molecule is COc1cccc(-c2ccc(C(=O)NC(c3cccnc3)C3CCOCC3)cc2)c1. The number of aromatic nitrogens is 1. The molecule has 1 saturated heterocycles. The third kappa shape index (κ3) is 4.69. The number of hydrogen-bond acceptors (Lipinski definition) is 4. The van der Waals surface area contributed by atoms with Gasteiger partial charge in [0.15, 0.2) is 0 Å². The molecule has 5 heteroatoms. The second kappa shape index (κ2) is 9.55. The Kier molecular flexibility index (Phi) is 6.40. The maximum atomic E-state index is 13.0. The van der Waals surface area contributed by atoms with Gasteiger partial charge >= 0.3 is 0 Å². The number of nitrogens with zero attached hydrogens (tertiary/aromatic N) is 1. The summed E-state index contributed by atoms with van der Waals surface area (Å²) in [6.45, 7) is 1.46. The van der Waals surface area contributed by atoms with E-state index in [1.165, 1.54) is 0 Å². The molecule has 4 rings (SSSR count). The average Bonchev–Trinajstić information content (AvgIpc) is 2.83. The molecular formula is C25H26N2O3. The van der Waals surface area contributed by atoms with Gasteiger partial charge in [-0.1, -0.05) is 30.3 Å². The molecule has 3 aromatic rings. The van der Waals surface area contributed by atoms with Crippen LogP contribution in [-0.2, 0) is 4.74 Å². The second-order valence-electron chi connectivity index (χ2n) is 7.50. The van der Waals surface area contributed by atoms with Crippen LogP contribution in [0, 0.1) is 5.92 Å². The smallest absolute Gasteiger partial charge is 0.251 e. The Morgan fingerprint density at radius 2 is 1.87 bits per heavy atom. The van der Waals surface area contributed by atoms with Crippen molar-refractivity contribution in [2.75, 3.05) is 20.3 Å². The van der Waals surface area contributed by atoms with Gasteiger partial charge in [0.1, 0.15) is 5.75 Å². The minimum atomic E-state index is -0.0764. The number of nitrogens with one attached hydrogen (secondary N) is 1. The lowest BCUT2D eigenvalue weighted by Gasteiger charge is -2.31. The highest BCUT2D eigenvalue weighted by Crippen LogP contribution is 2.30. The first-order chi connectivity index (χ1) is 14.7. The Bertz CT molecular complexity index is 967. The number of ether oxygens (including phenoxy) is 2. The van der Waals surface area contributed by atoms with Crippen LogP contribution in [0.15, 0.2) is 73.1 Å². The number of rotatable bonds is 6.